The number of benzene rings is 2. The number of nitrogens with zero attached hydrogens (tertiary/aromatic N) is 2. The van der Waals surface area contributed by atoms with Crippen LogP contribution in [0.3, 0.4) is 0 Å². The van der Waals surface area contributed by atoms with Crippen LogP contribution in [-0.4, -0.2) is 30.5 Å². The highest BCUT2D eigenvalue weighted by molar-refractivity contribution is 7.13. The van der Waals surface area contributed by atoms with E-state index in [4.69, 9.17) is 16.3 Å². The number of aromatic nitrogens is 1. The Kier molecular flexibility index (Phi) is 6.25. The maximum atomic E-state index is 12.7. The van der Waals surface area contributed by atoms with Crippen LogP contribution < -0.4 is 15.0 Å². The summed E-state index contributed by atoms with van der Waals surface area (Å²) in [6.45, 7) is 2.66. The van der Waals surface area contributed by atoms with Gasteiger partial charge in [0.05, 0.1) is 31.0 Å². The zero-order valence-corrected chi connectivity index (χ0v) is 18.8. The van der Waals surface area contributed by atoms with Crippen LogP contribution >= 0.6 is 22.9 Å². The number of methoxy groups -OCH3 is 1. The van der Waals surface area contributed by atoms with E-state index >= 15 is 0 Å². The smallest absolute Gasteiger partial charge is 0.227 e. The van der Waals surface area contributed by atoms with E-state index in [1.165, 1.54) is 7.11 Å². The highest BCUT2D eigenvalue weighted by atomic mass is 35.5. The average molecular weight is 456 g/mol. The van der Waals surface area contributed by atoms with E-state index in [0.29, 0.717) is 23.0 Å². The van der Waals surface area contributed by atoms with Crippen LogP contribution in [0.1, 0.15) is 17.7 Å². The van der Waals surface area contributed by atoms with Crippen LogP contribution in [0.25, 0.3) is 10.6 Å². The number of hydrogen-bond acceptors (Lipinski definition) is 5. The predicted octanol–water partition coefficient (Wildman–Crippen LogP) is 4.45. The van der Waals surface area contributed by atoms with Gasteiger partial charge in [-0.2, -0.15) is 0 Å². The molecule has 1 fully saturated rings. The van der Waals surface area contributed by atoms with Crippen molar-refractivity contribution in [3.8, 4) is 16.3 Å². The maximum absolute atomic E-state index is 12.7. The van der Waals surface area contributed by atoms with Gasteiger partial charge in [0.25, 0.3) is 0 Å². The number of anilines is 1. The number of ether oxygens (including phenoxy) is 1. The Morgan fingerprint density at radius 2 is 2.13 bits per heavy atom. The van der Waals surface area contributed by atoms with E-state index in [2.05, 4.69) is 23.3 Å². The highest BCUT2D eigenvalue weighted by Gasteiger charge is 2.36. The van der Waals surface area contributed by atoms with Gasteiger partial charge in [-0.3, -0.25) is 9.59 Å². The molecule has 1 saturated heterocycles. The molecule has 1 N–H and O–H groups in total. The molecule has 0 spiro atoms. The molecule has 6 nitrogen and oxygen atoms in total. The number of amides is 2. The van der Waals surface area contributed by atoms with Gasteiger partial charge in [-0.1, -0.05) is 35.9 Å². The first kappa shape index (κ1) is 21.3. The number of thiazole rings is 1. The molecule has 160 valence electrons. The predicted molar refractivity (Wildman–Crippen MR) is 123 cm³/mol. The number of hydrogen-bond donors (Lipinski definition) is 1. The van der Waals surface area contributed by atoms with Gasteiger partial charge in [-0.05, 0) is 30.7 Å². The Labute approximate surface area is 189 Å². The number of rotatable bonds is 6. The fourth-order valence-corrected chi connectivity index (χ4v) is 4.71. The molecule has 0 bridgehead atoms. The van der Waals surface area contributed by atoms with Gasteiger partial charge in [0.1, 0.15) is 10.8 Å². The summed E-state index contributed by atoms with van der Waals surface area (Å²) < 4.78 is 5.35. The minimum absolute atomic E-state index is 0.129. The number of nitrogens with one attached hydrogen (secondary N) is 1. The topological polar surface area (TPSA) is 71.5 Å². The molecule has 1 atom stereocenters. The minimum atomic E-state index is -0.439. The molecular weight excluding hydrogens is 434 g/mol. The fraction of sp³-hybridized carbons (Fsp3) is 0.261. The molecular formula is C23H22ClN3O3S. The van der Waals surface area contributed by atoms with E-state index in [-0.39, 0.29) is 24.8 Å². The summed E-state index contributed by atoms with van der Waals surface area (Å²) >= 11 is 7.65. The van der Waals surface area contributed by atoms with Crippen LogP contribution in [0.5, 0.6) is 5.75 Å². The molecule has 1 aliphatic heterocycles. The van der Waals surface area contributed by atoms with E-state index in [9.17, 15) is 9.59 Å². The first-order valence-electron chi connectivity index (χ1n) is 9.88. The minimum Gasteiger partial charge on any atom is -0.495 e. The third kappa shape index (κ3) is 4.57. The lowest BCUT2D eigenvalue weighted by Gasteiger charge is -2.19. The zero-order valence-electron chi connectivity index (χ0n) is 17.2. The van der Waals surface area contributed by atoms with Crippen molar-refractivity contribution in [2.45, 2.75) is 19.9 Å². The maximum Gasteiger partial charge on any atom is 0.227 e. The van der Waals surface area contributed by atoms with E-state index in [1.54, 1.807) is 34.4 Å². The Morgan fingerprint density at radius 1 is 1.32 bits per heavy atom. The second-order valence-electron chi connectivity index (χ2n) is 7.40. The SMILES string of the molecule is COc1ccc(Cl)cc1N1CC(C(=O)NCc2csc(-c3ccccc3C)n2)CC1=O. The molecule has 2 heterocycles. The third-order valence-electron chi connectivity index (χ3n) is 5.30. The van der Waals surface area contributed by atoms with Crippen molar-refractivity contribution in [1.82, 2.24) is 10.3 Å². The van der Waals surface area contributed by atoms with Gasteiger partial charge in [-0.15, -0.1) is 11.3 Å². The molecule has 8 heteroatoms. The molecule has 1 unspecified atom stereocenters. The highest BCUT2D eigenvalue weighted by Crippen LogP contribution is 2.35. The van der Waals surface area contributed by atoms with Crippen molar-refractivity contribution in [2.75, 3.05) is 18.6 Å². The Balaban J connectivity index is 1.40. The number of halogens is 1. The van der Waals surface area contributed by atoms with E-state index in [0.717, 1.165) is 21.8 Å². The van der Waals surface area contributed by atoms with Gasteiger partial charge < -0.3 is 15.0 Å². The lowest BCUT2D eigenvalue weighted by Crippen LogP contribution is -2.32. The van der Waals surface area contributed by atoms with Crippen molar-refractivity contribution >= 4 is 40.4 Å². The van der Waals surface area contributed by atoms with Crippen molar-refractivity contribution in [3.05, 3.63) is 64.1 Å². The molecule has 4 rings (SSSR count). The molecule has 0 aliphatic carbocycles. The molecule has 1 aliphatic rings. The average Bonchev–Trinajstić information content (AvgIpc) is 3.39. The first-order chi connectivity index (χ1) is 15.0. The summed E-state index contributed by atoms with van der Waals surface area (Å²) in [6, 6.07) is 13.2. The third-order valence-corrected chi connectivity index (χ3v) is 6.46. The summed E-state index contributed by atoms with van der Waals surface area (Å²) in [7, 11) is 1.54. The van der Waals surface area contributed by atoms with Gasteiger partial charge in [0.2, 0.25) is 11.8 Å². The van der Waals surface area contributed by atoms with Crippen molar-refractivity contribution < 1.29 is 14.3 Å². The molecule has 2 amide bonds. The molecule has 2 aromatic carbocycles. The summed E-state index contributed by atoms with van der Waals surface area (Å²) in [6.07, 6.45) is 0.146. The van der Waals surface area contributed by atoms with E-state index < -0.39 is 5.92 Å². The summed E-state index contributed by atoms with van der Waals surface area (Å²) in [5.41, 5.74) is 3.64. The number of aryl methyl sites for hydroxylation is 1. The van der Waals surface area contributed by atoms with Gasteiger partial charge in [-0.25, -0.2) is 4.98 Å². The van der Waals surface area contributed by atoms with Crippen LogP contribution in [0.15, 0.2) is 47.8 Å². The fourth-order valence-electron chi connectivity index (χ4n) is 3.64. The normalized spacial score (nSPS) is 15.9. The second kappa shape index (κ2) is 9.08. The molecule has 1 aromatic heterocycles. The van der Waals surface area contributed by atoms with Crippen molar-refractivity contribution in [2.24, 2.45) is 5.92 Å². The Morgan fingerprint density at radius 3 is 2.90 bits per heavy atom. The molecule has 3 aromatic rings. The first-order valence-corrected chi connectivity index (χ1v) is 11.1. The van der Waals surface area contributed by atoms with Gasteiger partial charge >= 0.3 is 0 Å². The summed E-state index contributed by atoms with van der Waals surface area (Å²) in [5.74, 6) is -0.186. The number of carbonyl (C=O) groups is 2. The summed E-state index contributed by atoms with van der Waals surface area (Å²) in [4.78, 5) is 31.5. The zero-order chi connectivity index (χ0) is 22.0. The van der Waals surface area contributed by atoms with Gasteiger partial charge in [0, 0.05) is 28.9 Å². The van der Waals surface area contributed by atoms with Crippen LogP contribution in [0.4, 0.5) is 5.69 Å². The Hall–Kier alpha value is -2.90. The van der Waals surface area contributed by atoms with Crippen LogP contribution in [0, 0.1) is 12.8 Å². The molecule has 31 heavy (non-hydrogen) atoms. The monoisotopic (exact) mass is 455 g/mol. The van der Waals surface area contributed by atoms with Gasteiger partial charge in [0.15, 0.2) is 0 Å². The van der Waals surface area contributed by atoms with Crippen LogP contribution in [-0.2, 0) is 16.1 Å². The van der Waals surface area contributed by atoms with Crippen molar-refractivity contribution in [3.63, 3.8) is 0 Å². The Bertz CT molecular complexity index is 1130. The van der Waals surface area contributed by atoms with Crippen LogP contribution in [0.2, 0.25) is 5.02 Å². The molecule has 0 radical (unpaired) electrons. The lowest BCUT2D eigenvalue weighted by molar-refractivity contribution is -0.126. The lowest BCUT2D eigenvalue weighted by atomic mass is 10.1. The van der Waals surface area contributed by atoms with Crippen molar-refractivity contribution in [1.29, 1.82) is 0 Å². The molecule has 0 saturated carbocycles. The quantitative estimate of drug-likeness (QED) is 0.596. The summed E-state index contributed by atoms with van der Waals surface area (Å²) in [5, 5.41) is 6.30. The number of carbonyl (C=O) groups excluding carboxylic acids is 2. The standard InChI is InChI=1S/C23H22ClN3O3S/c1-14-5-3-4-6-18(14)23-26-17(13-31-23)11-25-22(29)15-9-21(28)27(12-15)19-10-16(24)7-8-20(19)30-2/h3-8,10,13,15H,9,11-12H2,1-2H3,(H,25,29). The largest absolute Gasteiger partial charge is 0.495 e. The van der Waals surface area contributed by atoms with E-state index in [1.807, 2.05) is 23.6 Å². The second-order valence-corrected chi connectivity index (χ2v) is 8.69.